The molecule has 0 saturated carbocycles. The molecule has 0 saturated heterocycles. The van der Waals surface area contributed by atoms with Gasteiger partial charge in [0.25, 0.3) is 0 Å². The van der Waals surface area contributed by atoms with Gasteiger partial charge < -0.3 is 14.5 Å². The van der Waals surface area contributed by atoms with Gasteiger partial charge in [-0.2, -0.15) is 0 Å². The van der Waals surface area contributed by atoms with Gasteiger partial charge in [0.2, 0.25) is 0 Å². The summed E-state index contributed by atoms with van der Waals surface area (Å²) in [5.74, 6) is 0.895. The third-order valence-electron chi connectivity index (χ3n) is 3.91. The van der Waals surface area contributed by atoms with Gasteiger partial charge in [0.15, 0.2) is 17.9 Å². The number of aromatic nitrogens is 2. The van der Waals surface area contributed by atoms with E-state index in [1.165, 1.54) is 13.2 Å². The van der Waals surface area contributed by atoms with E-state index in [0.29, 0.717) is 22.9 Å². The highest BCUT2D eigenvalue weighted by Crippen LogP contribution is 2.46. The zero-order valence-electron chi connectivity index (χ0n) is 13.6. The standard InChI is InChI=1S/C17H16N4O3/c1-20-14-11(4-5-13(23)24-3)6-8-18-16(14)21(2)17-15(20)12(10-22)7-9-19-17/h4-10H,1-3H3/b5-4+. The van der Waals surface area contributed by atoms with E-state index in [0.717, 1.165) is 17.5 Å². The van der Waals surface area contributed by atoms with Crippen molar-refractivity contribution >= 4 is 41.3 Å². The van der Waals surface area contributed by atoms with Crippen molar-refractivity contribution in [3.63, 3.8) is 0 Å². The predicted molar refractivity (Wildman–Crippen MR) is 91.0 cm³/mol. The summed E-state index contributed by atoms with van der Waals surface area (Å²) in [7, 11) is 5.01. The van der Waals surface area contributed by atoms with Crippen molar-refractivity contribution in [1.29, 1.82) is 0 Å². The molecule has 0 amide bonds. The van der Waals surface area contributed by atoms with Crippen LogP contribution in [0.2, 0.25) is 0 Å². The van der Waals surface area contributed by atoms with Gasteiger partial charge in [-0.1, -0.05) is 0 Å². The van der Waals surface area contributed by atoms with Crippen LogP contribution in [-0.4, -0.2) is 43.4 Å². The first kappa shape index (κ1) is 15.7. The molecule has 3 rings (SSSR count). The molecule has 0 aliphatic carbocycles. The second-order valence-corrected chi connectivity index (χ2v) is 5.24. The van der Waals surface area contributed by atoms with Gasteiger partial charge in [0.1, 0.15) is 0 Å². The fourth-order valence-corrected chi connectivity index (χ4v) is 2.76. The molecule has 7 nitrogen and oxygen atoms in total. The highest BCUT2D eigenvalue weighted by molar-refractivity contribution is 6.00. The van der Waals surface area contributed by atoms with Crippen LogP contribution in [-0.2, 0) is 9.53 Å². The smallest absolute Gasteiger partial charge is 0.330 e. The average Bonchev–Trinajstić information content (AvgIpc) is 2.62. The fourth-order valence-electron chi connectivity index (χ4n) is 2.76. The lowest BCUT2D eigenvalue weighted by molar-refractivity contribution is -0.134. The van der Waals surface area contributed by atoms with Crippen molar-refractivity contribution in [2.24, 2.45) is 0 Å². The van der Waals surface area contributed by atoms with E-state index >= 15 is 0 Å². The van der Waals surface area contributed by atoms with E-state index in [4.69, 9.17) is 0 Å². The Balaban J connectivity index is 2.18. The molecular formula is C17H16N4O3. The number of fused-ring (bicyclic) bond motifs is 2. The summed E-state index contributed by atoms with van der Waals surface area (Å²) in [5, 5.41) is 0. The quantitative estimate of drug-likeness (QED) is 0.487. The largest absolute Gasteiger partial charge is 0.466 e. The Hall–Kier alpha value is -3.22. The Morgan fingerprint density at radius 3 is 2.21 bits per heavy atom. The number of carbonyl (C=O) groups excluding carboxylic acids is 2. The molecule has 2 aromatic heterocycles. The van der Waals surface area contributed by atoms with Gasteiger partial charge in [-0.25, -0.2) is 14.8 Å². The van der Waals surface area contributed by atoms with E-state index in [-0.39, 0.29) is 0 Å². The minimum Gasteiger partial charge on any atom is -0.466 e. The number of pyridine rings is 2. The lowest BCUT2D eigenvalue weighted by atomic mass is 10.1. The fraction of sp³-hybridized carbons (Fsp3) is 0.176. The van der Waals surface area contributed by atoms with E-state index < -0.39 is 5.97 Å². The maximum absolute atomic E-state index is 11.4. The Morgan fingerprint density at radius 2 is 1.62 bits per heavy atom. The molecule has 1 aliphatic rings. The van der Waals surface area contributed by atoms with Crippen LogP contribution in [0.5, 0.6) is 0 Å². The number of aldehydes is 1. The maximum atomic E-state index is 11.4. The highest BCUT2D eigenvalue weighted by Gasteiger charge is 2.29. The third-order valence-corrected chi connectivity index (χ3v) is 3.91. The minimum absolute atomic E-state index is 0.442. The second kappa shape index (κ2) is 6.11. The monoisotopic (exact) mass is 324 g/mol. The zero-order valence-corrected chi connectivity index (χ0v) is 13.6. The van der Waals surface area contributed by atoms with Crippen LogP contribution in [0.15, 0.2) is 30.6 Å². The molecule has 122 valence electrons. The van der Waals surface area contributed by atoms with Crippen LogP contribution < -0.4 is 9.80 Å². The Morgan fingerprint density at radius 1 is 1.04 bits per heavy atom. The van der Waals surface area contributed by atoms with E-state index in [2.05, 4.69) is 14.7 Å². The van der Waals surface area contributed by atoms with Crippen molar-refractivity contribution in [2.75, 3.05) is 31.0 Å². The van der Waals surface area contributed by atoms with Crippen LogP contribution in [0.1, 0.15) is 15.9 Å². The summed E-state index contributed by atoms with van der Waals surface area (Å²) >= 11 is 0. The molecule has 0 fully saturated rings. The van der Waals surface area contributed by atoms with Gasteiger partial charge >= 0.3 is 5.97 Å². The molecule has 0 N–H and O–H groups in total. The molecule has 0 radical (unpaired) electrons. The van der Waals surface area contributed by atoms with Gasteiger partial charge in [0.05, 0.1) is 18.5 Å². The van der Waals surface area contributed by atoms with Crippen molar-refractivity contribution in [1.82, 2.24) is 9.97 Å². The van der Waals surface area contributed by atoms with Crippen LogP contribution in [0.4, 0.5) is 23.0 Å². The highest BCUT2D eigenvalue weighted by atomic mass is 16.5. The lowest BCUT2D eigenvalue weighted by Gasteiger charge is -2.36. The molecule has 24 heavy (non-hydrogen) atoms. The van der Waals surface area contributed by atoms with Gasteiger partial charge in [-0.3, -0.25) is 4.79 Å². The van der Waals surface area contributed by atoms with Crippen LogP contribution in [0.3, 0.4) is 0 Å². The summed E-state index contributed by atoms with van der Waals surface area (Å²) in [6, 6.07) is 3.46. The molecule has 2 aromatic rings. The van der Waals surface area contributed by atoms with Crippen LogP contribution >= 0.6 is 0 Å². The Bertz CT molecular complexity index is 848. The molecule has 0 atom stereocenters. The Labute approximate surface area is 139 Å². The van der Waals surface area contributed by atoms with Crippen molar-refractivity contribution in [3.8, 4) is 0 Å². The molecule has 7 heteroatoms. The first-order valence-corrected chi connectivity index (χ1v) is 7.25. The molecule has 0 unspecified atom stereocenters. The number of hydrogen-bond donors (Lipinski definition) is 0. The first-order chi connectivity index (χ1) is 11.6. The number of rotatable bonds is 3. The number of ether oxygens (including phenoxy) is 1. The first-order valence-electron chi connectivity index (χ1n) is 7.25. The molecular weight excluding hydrogens is 308 g/mol. The summed E-state index contributed by atoms with van der Waals surface area (Å²) in [4.78, 5) is 35.3. The predicted octanol–water partition coefficient (Wildman–Crippen LogP) is 2.32. The molecule has 3 heterocycles. The summed E-state index contributed by atoms with van der Waals surface area (Å²) in [5.41, 5.74) is 2.80. The van der Waals surface area contributed by atoms with Gasteiger partial charge in [-0.05, 0) is 18.2 Å². The minimum atomic E-state index is -0.442. The number of nitrogens with zero attached hydrogens (tertiary/aromatic N) is 4. The SMILES string of the molecule is COC(=O)/C=C/c1ccnc2c1N(C)c1c(C=O)ccnc1N2C. The lowest BCUT2D eigenvalue weighted by Crippen LogP contribution is -2.28. The number of carbonyl (C=O) groups is 2. The summed E-state index contributed by atoms with van der Waals surface area (Å²) in [6.45, 7) is 0. The second-order valence-electron chi connectivity index (χ2n) is 5.24. The summed E-state index contributed by atoms with van der Waals surface area (Å²) in [6.07, 6.45) is 7.07. The van der Waals surface area contributed by atoms with Crippen molar-refractivity contribution in [3.05, 3.63) is 41.7 Å². The Kier molecular flexibility index (Phi) is 3.99. The van der Waals surface area contributed by atoms with E-state index in [1.54, 1.807) is 30.6 Å². The third kappa shape index (κ3) is 2.40. The van der Waals surface area contributed by atoms with Crippen LogP contribution in [0.25, 0.3) is 6.08 Å². The average molecular weight is 324 g/mol. The van der Waals surface area contributed by atoms with Gasteiger partial charge in [0, 0.05) is 43.7 Å². The van der Waals surface area contributed by atoms with Gasteiger partial charge in [-0.15, -0.1) is 0 Å². The van der Waals surface area contributed by atoms with Crippen LogP contribution in [0, 0.1) is 0 Å². The number of hydrogen-bond acceptors (Lipinski definition) is 7. The number of esters is 1. The maximum Gasteiger partial charge on any atom is 0.330 e. The molecule has 0 spiro atoms. The topological polar surface area (TPSA) is 75.6 Å². The van der Waals surface area contributed by atoms with Crippen molar-refractivity contribution in [2.45, 2.75) is 0 Å². The molecule has 0 aromatic carbocycles. The number of methoxy groups -OCH3 is 1. The van der Waals surface area contributed by atoms with E-state index in [1.807, 2.05) is 23.9 Å². The molecule has 0 bridgehead atoms. The number of anilines is 4. The molecule has 1 aliphatic heterocycles. The summed E-state index contributed by atoms with van der Waals surface area (Å²) < 4.78 is 4.64. The van der Waals surface area contributed by atoms with Crippen molar-refractivity contribution < 1.29 is 14.3 Å². The van der Waals surface area contributed by atoms with E-state index in [9.17, 15) is 9.59 Å². The normalized spacial score (nSPS) is 12.8. The zero-order chi connectivity index (χ0) is 17.3.